The molecule has 1 fully saturated rings. The van der Waals surface area contributed by atoms with Crippen LogP contribution in [0.4, 0.5) is 9.18 Å². The van der Waals surface area contributed by atoms with Crippen LogP contribution < -0.4 is 0 Å². The van der Waals surface area contributed by atoms with Gasteiger partial charge < -0.3 is 0 Å². The van der Waals surface area contributed by atoms with E-state index in [9.17, 15) is 18.8 Å². The predicted octanol–water partition coefficient (Wildman–Crippen LogP) is 7.52. The number of thioether (sulfide) groups is 1. The zero-order valence-electron chi connectivity index (χ0n) is 22.8. The molecule has 2 amide bonds. The van der Waals surface area contributed by atoms with Gasteiger partial charge in [0.15, 0.2) is 5.78 Å². The van der Waals surface area contributed by atoms with Crippen LogP contribution in [-0.4, -0.2) is 38.7 Å². The van der Waals surface area contributed by atoms with Gasteiger partial charge in [-0.3, -0.25) is 19.3 Å². The first kappa shape index (κ1) is 28.4. The predicted molar refractivity (Wildman–Crippen MR) is 157 cm³/mol. The molecule has 0 N–H and O–H groups in total. The number of unbranched alkanes of at least 4 members (excludes halogenated alkanes) is 4. The number of hydrogen-bond donors (Lipinski definition) is 0. The van der Waals surface area contributed by atoms with Crippen molar-refractivity contribution < 1.29 is 23.4 Å². The summed E-state index contributed by atoms with van der Waals surface area (Å²) >= 11 is 0.914. The summed E-state index contributed by atoms with van der Waals surface area (Å²) in [4.78, 5) is 39.2. The minimum absolute atomic E-state index is 0.126. The van der Waals surface area contributed by atoms with Gasteiger partial charge in [0.05, 0.1) is 4.91 Å². The lowest BCUT2D eigenvalue weighted by atomic mass is 9.98. The maximum absolute atomic E-state index is 13.1. The third-order valence-corrected chi connectivity index (χ3v) is 8.11. The maximum Gasteiger partial charge on any atom is 0.293 e. The quantitative estimate of drug-likeness (QED) is 0.0986. The van der Waals surface area contributed by atoms with Crippen LogP contribution >= 0.6 is 11.8 Å². The Kier molecular flexibility index (Phi) is 9.04. The summed E-state index contributed by atoms with van der Waals surface area (Å²) in [5.74, 6) is -0.528. The Bertz CT molecular complexity index is 1600. The molecule has 0 atom stereocenters. The van der Waals surface area contributed by atoms with Crippen LogP contribution in [0.1, 0.15) is 71.1 Å². The first-order chi connectivity index (χ1) is 19.9. The molecule has 1 aliphatic heterocycles. The van der Waals surface area contributed by atoms with E-state index in [0.29, 0.717) is 35.4 Å². The molecule has 7 nitrogen and oxygen atoms in total. The van der Waals surface area contributed by atoms with Crippen molar-refractivity contribution in [1.82, 2.24) is 15.2 Å². The van der Waals surface area contributed by atoms with E-state index in [-0.39, 0.29) is 22.7 Å². The second-order valence-electron chi connectivity index (χ2n) is 10.2. The fraction of sp³-hybridized carbons (Fsp3) is 0.281. The molecule has 9 heteroatoms. The zero-order chi connectivity index (χ0) is 28.8. The van der Waals surface area contributed by atoms with Gasteiger partial charge in [-0.05, 0) is 88.7 Å². The van der Waals surface area contributed by atoms with Crippen molar-refractivity contribution in [3.05, 3.63) is 99.2 Å². The van der Waals surface area contributed by atoms with Crippen molar-refractivity contribution in [3.8, 4) is 0 Å². The number of halogens is 1. The Morgan fingerprint density at radius 2 is 1.61 bits per heavy atom. The Labute approximate surface area is 241 Å². The van der Waals surface area contributed by atoms with Gasteiger partial charge in [-0.2, -0.15) is 0 Å². The van der Waals surface area contributed by atoms with Gasteiger partial charge in [-0.15, -0.1) is 0 Å². The number of Topliss-reactive ketones (excluding diaryl/α,β-unsaturated/α-hetero) is 1. The number of amides is 2. The maximum atomic E-state index is 13.1. The summed E-state index contributed by atoms with van der Waals surface area (Å²) in [5, 5.41) is 7.75. The standard InChI is InChI=1S/C32H30FN3O4S/c1-21-8-13-25(30-29(21)34-40-35-30)19-22-9-14-24(15-10-22)27(37)7-5-3-2-4-6-18-36-31(38)28(41-32(36)39)20-23-11-16-26(33)17-12-23/h8-17,20H,2-7,18-19H2,1H3/b28-20-. The molecule has 1 aliphatic rings. The lowest BCUT2D eigenvalue weighted by Crippen LogP contribution is -2.29. The van der Waals surface area contributed by atoms with E-state index in [4.69, 9.17) is 4.63 Å². The van der Waals surface area contributed by atoms with E-state index < -0.39 is 0 Å². The average Bonchev–Trinajstić information content (AvgIpc) is 3.57. The number of fused-ring (bicyclic) bond motifs is 1. The lowest BCUT2D eigenvalue weighted by Gasteiger charge is -2.12. The second kappa shape index (κ2) is 13.0. The number of ketones is 1. The highest BCUT2D eigenvalue weighted by atomic mass is 32.2. The molecule has 0 spiro atoms. The molecule has 0 radical (unpaired) electrons. The van der Waals surface area contributed by atoms with E-state index in [0.717, 1.165) is 71.6 Å². The molecule has 1 aromatic heterocycles. The monoisotopic (exact) mass is 571 g/mol. The zero-order valence-corrected chi connectivity index (χ0v) is 23.6. The summed E-state index contributed by atoms with van der Waals surface area (Å²) in [6, 6.07) is 17.5. The molecule has 5 rings (SSSR count). The van der Waals surface area contributed by atoms with Crippen molar-refractivity contribution in [2.45, 2.75) is 51.9 Å². The molecule has 3 aromatic carbocycles. The van der Waals surface area contributed by atoms with E-state index in [1.165, 1.54) is 17.0 Å². The summed E-state index contributed by atoms with van der Waals surface area (Å²) in [6.07, 6.45) is 7.00. The number of carbonyl (C=O) groups is 3. The second-order valence-corrected chi connectivity index (χ2v) is 11.2. The van der Waals surface area contributed by atoms with Crippen molar-refractivity contribution in [2.24, 2.45) is 0 Å². The minimum atomic E-state index is -0.351. The lowest BCUT2D eigenvalue weighted by molar-refractivity contribution is -0.122. The number of imide groups is 1. The number of carbonyl (C=O) groups excluding carboxylic acids is 3. The Balaban J connectivity index is 1.01. The molecule has 0 bridgehead atoms. The topological polar surface area (TPSA) is 93.4 Å². The average molecular weight is 572 g/mol. The fourth-order valence-electron chi connectivity index (χ4n) is 4.85. The Morgan fingerprint density at radius 1 is 0.902 bits per heavy atom. The molecular weight excluding hydrogens is 541 g/mol. The molecule has 2 heterocycles. The van der Waals surface area contributed by atoms with Crippen LogP contribution in [0.2, 0.25) is 0 Å². The van der Waals surface area contributed by atoms with Gasteiger partial charge in [-0.25, -0.2) is 9.02 Å². The van der Waals surface area contributed by atoms with Crippen LogP contribution in [0.3, 0.4) is 0 Å². The van der Waals surface area contributed by atoms with E-state index in [1.807, 2.05) is 43.3 Å². The first-order valence-corrected chi connectivity index (χ1v) is 14.5. The third-order valence-electron chi connectivity index (χ3n) is 7.20. The van der Waals surface area contributed by atoms with E-state index in [1.54, 1.807) is 18.2 Å². The van der Waals surface area contributed by atoms with Crippen LogP contribution in [0.15, 0.2) is 70.2 Å². The number of aromatic nitrogens is 2. The van der Waals surface area contributed by atoms with Gasteiger partial charge in [-0.1, -0.05) is 67.8 Å². The fourth-order valence-corrected chi connectivity index (χ4v) is 5.71. The molecule has 41 heavy (non-hydrogen) atoms. The summed E-state index contributed by atoms with van der Waals surface area (Å²) < 4.78 is 18.0. The first-order valence-electron chi connectivity index (χ1n) is 13.7. The summed E-state index contributed by atoms with van der Waals surface area (Å²) in [6.45, 7) is 2.35. The highest BCUT2D eigenvalue weighted by Gasteiger charge is 2.34. The molecule has 0 saturated carbocycles. The van der Waals surface area contributed by atoms with Gasteiger partial charge >= 0.3 is 0 Å². The van der Waals surface area contributed by atoms with Gasteiger partial charge in [0.2, 0.25) is 0 Å². The minimum Gasteiger partial charge on any atom is -0.294 e. The molecule has 0 aliphatic carbocycles. The summed E-state index contributed by atoms with van der Waals surface area (Å²) in [7, 11) is 0. The van der Waals surface area contributed by atoms with Crippen molar-refractivity contribution in [3.63, 3.8) is 0 Å². The van der Waals surface area contributed by atoms with Crippen LogP contribution in [0.25, 0.3) is 17.1 Å². The van der Waals surface area contributed by atoms with Crippen LogP contribution in [-0.2, 0) is 11.2 Å². The van der Waals surface area contributed by atoms with Crippen LogP contribution in [0.5, 0.6) is 0 Å². The van der Waals surface area contributed by atoms with Crippen molar-refractivity contribution in [2.75, 3.05) is 6.54 Å². The van der Waals surface area contributed by atoms with Crippen LogP contribution in [0, 0.1) is 12.7 Å². The van der Waals surface area contributed by atoms with Crippen molar-refractivity contribution >= 4 is 45.8 Å². The van der Waals surface area contributed by atoms with Crippen molar-refractivity contribution in [1.29, 1.82) is 0 Å². The molecule has 210 valence electrons. The van der Waals surface area contributed by atoms with E-state index in [2.05, 4.69) is 10.3 Å². The van der Waals surface area contributed by atoms with E-state index >= 15 is 0 Å². The molecule has 0 unspecified atom stereocenters. The molecule has 1 saturated heterocycles. The SMILES string of the molecule is Cc1ccc(Cc2ccc(C(=O)CCCCCCCN3C(=O)S/C(=C\c4ccc(F)cc4)C3=O)cc2)c2nonc12. The molecular formula is C32H30FN3O4S. The smallest absolute Gasteiger partial charge is 0.293 e. The number of nitrogens with zero attached hydrogens (tertiary/aromatic N) is 3. The summed E-state index contributed by atoms with van der Waals surface area (Å²) in [5.41, 5.74) is 6.07. The highest BCUT2D eigenvalue weighted by Crippen LogP contribution is 2.32. The number of rotatable bonds is 12. The number of hydrogen-bond acceptors (Lipinski definition) is 7. The largest absolute Gasteiger partial charge is 0.294 e. The molecule has 4 aromatic rings. The Morgan fingerprint density at radius 3 is 2.39 bits per heavy atom. The normalized spacial score (nSPS) is 14.5. The van der Waals surface area contributed by atoms with Gasteiger partial charge in [0.25, 0.3) is 11.1 Å². The Hall–Kier alpha value is -4.11. The number of aryl methyl sites for hydroxylation is 1. The third kappa shape index (κ3) is 6.97. The highest BCUT2D eigenvalue weighted by molar-refractivity contribution is 8.18. The van der Waals surface area contributed by atoms with Gasteiger partial charge in [0.1, 0.15) is 16.9 Å². The van der Waals surface area contributed by atoms with Gasteiger partial charge in [0, 0.05) is 18.5 Å². The number of benzene rings is 3.